The first-order valence-electron chi connectivity index (χ1n) is 9.11. The van der Waals surface area contributed by atoms with Gasteiger partial charge in [-0.2, -0.15) is 0 Å². The van der Waals surface area contributed by atoms with Crippen molar-refractivity contribution in [2.24, 2.45) is 0 Å². The van der Waals surface area contributed by atoms with Crippen LogP contribution in [0.5, 0.6) is 0 Å². The van der Waals surface area contributed by atoms with E-state index in [-0.39, 0.29) is 11.1 Å². The van der Waals surface area contributed by atoms with Gasteiger partial charge in [-0.05, 0) is 5.56 Å². The zero-order valence-electron chi connectivity index (χ0n) is 16.2. The summed E-state index contributed by atoms with van der Waals surface area (Å²) in [7, 11) is 0. The molecule has 0 aliphatic heterocycles. The van der Waals surface area contributed by atoms with Crippen molar-refractivity contribution >= 4 is 0 Å². The van der Waals surface area contributed by atoms with Crippen LogP contribution < -0.4 is 0 Å². The summed E-state index contributed by atoms with van der Waals surface area (Å²) in [6.07, 6.45) is 0. The Kier molecular flexibility index (Phi) is 5.80. The summed E-state index contributed by atoms with van der Waals surface area (Å²) in [5.41, 5.74) is -3.20. The van der Waals surface area contributed by atoms with Crippen LogP contribution in [0.4, 0.5) is 43.9 Å². The van der Waals surface area contributed by atoms with Crippen molar-refractivity contribution in [1.29, 1.82) is 0 Å². The maximum Gasteiger partial charge on any atom is 0.367 e. The van der Waals surface area contributed by atoms with Crippen LogP contribution in [0.2, 0.25) is 0 Å². The molecule has 0 radical (unpaired) electrons. The highest BCUT2D eigenvalue weighted by Gasteiger charge is 2.37. The van der Waals surface area contributed by atoms with Gasteiger partial charge in [0, 0.05) is 5.56 Å². The van der Waals surface area contributed by atoms with E-state index in [1.54, 1.807) is 6.07 Å². The Labute approximate surface area is 183 Å². The molecule has 3 aromatic carbocycles. The summed E-state index contributed by atoms with van der Waals surface area (Å²) in [6, 6.07) is 8.82. The lowest BCUT2D eigenvalue weighted by molar-refractivity contribution is 0.376. The van der Waals surface area contributed by atoms with Gasteiger partial charge in [0.1, 0.15) is 0 Å². The second kappa shape index (κ2) is 8.47. The summed E-state index contributed by atoms with van der Waals surface area (Å²) in [4.78, 5) is 0. The van der Waals surface area contributed by atoms with Crippen molar-refractivity contribution in [2.45, 2.75) is 0 Å². The third-order valence-corrected chi connectivity index (χ3v) is 4.81. The zero-order valence-corrected chi connectivity index (χ0v) is 16.2. The molecular weight excluding hydrogens is 482 g/mol. The molecule has 0 bridgehead atoms. The molecular formula is C23H7F10O+. The third-order valence-electron chi connectivity index (χ3n) is 4.81. The van der Waals surface area contributed by atoms with Gasteiger partial charge in [-0.15, -0.1) is 0 Å². The van der Waals surface area contributed by atoms with E-state index in [4.69, 9.17) is 4.42 Å². The number of benzene rings is 3. The monoisotopic (exact) mass is 489 g/mol. The standard InChI is InChI=1S/C23H7F10O/c24-14-12(15(25)19(29)22(32)18(14)28)10-6-9(8-4-2-1-3-5-8)7-11(34-10)13-16(26)20(30)23(33)21(31)17(13)27/h1-7H/q+1. The average Bonchev–Trinajstić information content (AvgIpc) is 2.84. The molecule has 4 aromatic rings. The van der Waals surface area contributed by atoms with Gasteiger partial charge in [0.2, 0.25) is 11.6 Å². The van der Waals surface area contributed by atoms with Gasteiger partial charge in [0.25, 0.3) is 0 Å². The zero-order chi connectivity index (χ0) is 24.9. The van der Waals surface area contributed by atoms with Gasteiger partial charge in [-0.25, -0.2) is 48.3 Å². The number of halogens is 10. The lowest BCUT2D eigenvalue weighted by atomic mass is 10.0. The quantitative estimate of drug-likeness (QED) is 0.123. The summed E-state index contributed by atoms with van der Waals surface area (Å²) >= 11 is 0. The largest absolute Gasteiger partial charge is 0.367 e. The lowest BCUT2D eigenvalue weighted by Crippen LogP contribution is -2.06. The summed E-state index contributed by atoms with van der Waals surface area (Å²) in [6.45, 7) is 0. The summed E-state index contributed by atoms with van der Waals surface area (Å²) < 4.78 is 144. The Bertz CT molecular complexity index is 1310. The minimum Gasteiger partial charge on any atom is -0.206 e. The number of hydrogen-bond acceptors (Lipinski definition) is 0. The Morgan fingerprint density at radius 1 is 0.382 bits per heavy atom. The maximum atomic E-state index is 14.4. The molecule has 0 amide bonds. The van der Waals surface area contributed by atoms with Gasteiger partial charge >= 0.3 is 11.5 Å². The van der Waals surface area contributed by atoms with Gasteiger partial charge < -0.3 is 0 Å². The molecule has 174 valence electrons. The SMILES string of the molecule is Fc1c(F)c(F)c(-c2cc(-c3ccccc3)cc(-c3c(F)c(F)c(F)c(F)c3F)[o+]2)c(F)c1F. The highest BCUT2D eigenvalue weighted by molar-refractivity contribution is 5.75. The van der Waals surface area contributed by atoms with E-state index in [2.05, 4.69) is 0 Å². The van der Waals surface area contributed by atoms with Crippen LogP contribution in [0.15, 0.2) is 46.9 Å². The molecule has 1 aromatic heterocycles. The van der Waals surface area contributed by atoms with Crippen LogP contribution in [-0.2, 0) is 0 Å². The topological polar surface area (TPSA) is 11.3 Å². The molecule has 11 heteroatoms. The first-order chi connectivity index (χ1) is 16.0. The second-order valence-electron chi connectivity index (χ2n) is 6.83. The summed E-state index contributed by atoms with van der Waals surface area (Å²) in [5.74, 6) is -25.9. The van der Waals surface area contributed by atoms with Gasteiger partial charge in [0.15, 0.2) is 57.7 Å². The van der Waals surface area contributed by atoms with Crippen LogP contribution in [-0.4, -0.2) is 0 Å². The normalized spacial score (nSPS) is 11.2. The van der Waals surface area contributed by atoms with E-state index < -0.39 is 80.8 Å². The molecule has 34 heavy (non-hydrogen) atoms. The van der Waals surface area contributed by atoms with Gasteiger partial charge in [-0.3, -0.25) is 0 Å². The first-order valence-corrected chi connectivity index (χ1v) is 9.11. The molecule has 0 aliphatic carbocycles. The van der Waals surface area contributed by atoms with Gasteiger partial charge in [-0.1, -0.05) is 30.3 Å². The van der Waals surface area contributed by atoms with Crippen LogP contribution in [0.25, 0.3) is 33.8 Å². The smallest absolute Gasteiger partial charge is 0.206 e. The third kappa shape index (κ3) is 3.57. The van der Waals surface area contributed by atoms with E-state index in [9.17, 15) is 43.9 Å². The highest BCUT2D eigenvalue weighted by Crippen LogP contribution is 2.39. The van der Waals surface area contributed by atoms with Crippen LogP contribution in [0, 0.1) is 58.2 Å². The maximum absolute atomic E-state index is 14.4. The molecule has 0 atom stereocenters. The minimum absolute atomic E-state index is 0.162. The fourth-order valence-electron chi connectivity index (χ4n) is 3.19. The van der Waals surface area contributed by atoms with Crippen molar-refractivity contribution in [2.75, 3.05) is 0 Å². The van der Waals surface area contributed by atoms with E-state index in [1.807, 2.05) is 0 Å². The van der Waals surface area contributed by atoms with E-state index in [0.29, 0.717) is 0 Å². The molecule has 0 saturated carbocycles. The average molecular weight is 489 g/mol. The summed E-state index contributed by atoms with van der Waals surface area (Å²) in [5, 5.41) is 0. The number of hydrogen-bond donors (Lipinski definition) is 0. The van der Waals surface area contributed by atoms with Crippen molar-refractivity contribution in [3.8, 4) is 33.8 Å². The second-order valence-corrected chi connectivity index (χ2v) is 6.83. The predicted octanol–water partition coefficient (Wildman–Crippen LogP) is 7.95. The van der Waals surface area contributed by atoms with E-state index >= 15 is 0 Å². The van der Waals surface area contributed by atoms with Crippen molar-refractivity contribution in [3.63, 3.8) is 0 Å². The van der Waals surface area contributed by atoms with Crippen molar-refractivity contribution < 1.29 is 48.3 Å². The first kappa shape index (κ1) is 23.3. The fraction of sp³-hybridized carbons (Fsp3) is 0. The van der Waals surface area contributed by atoms with E-state index in [0.717, 1.165) is 12.1 Å². The van der Waals surface area contributed by atoms with Crippen LogP contribution in [0.1, 0.15) is 0 Å². The van der Waals surface area contributed by atoms with Crippen LogP contribution >= 0.6 is 0 Å². The Morgan fingerprint density at radius 3 is 1.06 bits per heavy atom. The Morgan fingerprint density at radius 2 is 0.706 bits per heavy atom. The molecule has 0 N–H and O–H groups in total. The Balaban J connectivity index is 2.12. The molecule has 0 aliphatic rings. The number of rotatable bonds is 3. The van der Waals surface area contributed by atoms with Gasteiger partial charge in [0.05, 0.1) is 12.1 Å². The predicted molar refractivity (Wildman–Crippen MR) is 99.0 cm³/mol. The molecule has 0 saturated heterocycles. The lowest BCUT2D eigenvalue weighted by Gasteiger charge is -2.07. The van der Waals surface area contributed by atoms with E-state index in [1.165, 1.54) is 24.3 Å². The minimum atomic E-state index is -2.47. The highest BCUT2D eigenvalue weighted by atomic mass is 19.2. The van der Waals surface area contributed by atoms with Crippen LogP contribution in [0.3, 0.4) is 0 Å². The molecule has 1 nitrogen and oxygen atoms in total. The van der Waals surface area contributed by atoms with Crippen molar-refractivity contribution in [3.05, 3.63) is 101 Å². The Hall–Kier alpha value is -3.89. The molecule has 4 rings (SSSR count). The molecule has 1 heterocycles. The fourth-order valence-corrected chi connectivity index (χ4v) is 3.19. The molecule has 0 fully saturated rings. The van der Waals surface area contributed by atoms with Crippen molar-refractivity contribution in [1.82, 2.24) is 0 Å². The molecule has 0 spiro atoms. The molecule has 0 unspecified atom stereocenters.